The Morgan fingerprint density at radius 3 is 2.72 bits per heavy atom. The Kier molecular flexibility index (Phi) is 5.39. The summed E-state index contributed by atoms with van der Waals surface area (Å²) >= 11 is 0. The Morgan fingerprint density at radius 1 is 1.08 bits per heavy atom. The molecule has 3 aromatic carbocycles. The molecule has 0 bridgehead atoms. The van der Waals surface area contributed by atoms with Crippen molar-refractivity contribution in [2.24, 2.45) is 0 Å². The molecule has 0 aliphatic carbocycles. The number of hydrogen-bond acceptors (Lipinski definition) is 5. The Morgan fingerprint density at radius 2 is 1.92 bits per heavy atom. The van der Waals surface area contributed by atoms with E-state index in [0.717, 1.165) is 34.3 Å². The van der Waals surface area contributed by atoms with Crippen LogP contribution in [0.2, 0.25) is 0 Å². The molecule has 3 heterocycles. The molecule has 0 fully saturated rings. The van der Waals surface area contributed by atoms with Gasteiger partial charge < -0.3 is 19.6 Å². The summed E-state index contributed by atoms with van der Waals surface area (Å²) in [7, 11) is 0. The highest BCUT2D eigenvalue weighted by Crippen LogP contribution is 2.42. The van der Waals surface area contributed by atoms with Gasteiger partial charge in [0.05, 0.1) is 29.4 Å². The Hall–Kier alpha value is -3.94. The summed E-state index contributed by atoms with van der Waals surface area (Å²) in [4.78, 5) is 16.1. The van der Waals surface area contributed by atoms with E-state index in [0.29, 0.717) is 48.7 Å². The Bertz CT molecular complexity index is 1510. The highest BCUT2D eigenvalue weighted by atomic mass is 19.2. The summed E-state index contributed by atoms with van der Waals surface area (Å²) in [6, 6.07) is 14.0. The molecule has 36 heavy (non-hydrogen) atoms. The number of aromatic nitrogens is 2. The van der Waals surface area contributed by atoms with Gasteiger partial charge in [0.15, 0.2) is 11.6 Å². The van der Waals surface area contributed by atoms with E-state index < -0.39 is 11.6 Å². The van der Waals surface area contributed by atoms with E-state index in [-0.39, 0.29) is 17.7 Å². The Labute approximate surface area is 206 Å². The summed E-state index contributed by atoms with van der Waals surface area (Å²) in [6.45, 7) is 4.48. The number of fused-ring (bicyclic) bond motifs is 3. The van der Waals surface area contributed by atoms with Gasteiger partial charge in [-0.3, -0.25) is 4.57 Å². The number of rotatable bonds is 6. The number of aryl methyl sites for hydroxylation is 1. The fraction of sp³-hybridized carbons (Fsp3) is 0.286. The van der Waals surface area contributed by atoms with Crippen molar-refractivity contribution in [1.82, 2.24) is 9.55 Å². The van der Waals surface area contributed by atoms with Crippen molar-refractivity contribution >= 4 is 22.5 Å². The van der Waals surface area contributed by atoms with Crippen LogP contribution in [-0.4, -0.2) is 28.5 Å². The number of Topliss-reactive ketones (excluding diaryl/α,β-unsaturated/α-hetero) is 1. The maximum Gasteiger partial charge on any atom is 0.161 e. The molecule has 184 valence electrons. The number of imidazole rings is 1. The summed E-state index contributed by atoms with van der Waals surface area (Å²) in [5.74, 6) is 0.598. The van der Waals surface area contributed by atoms with Crippen LogP contribution in [0.5, 0.6) is 11.5 Å². The first-order chi connectivity index (χ1) is 17.4. The van der Waals surface area contributed by atoms with E-state index in [1.165, 1.54) is 6.07 Å². The van der Waals surface area contributed by atoms with Crippen LogP contribution in [-0.2, 0) is 11.2 Å². The molecule has 8 heteroatoms. The second-order valence-electron chi connectivity index (χ2n) is 9.34. The number of ether oxygens (including phenoxy) is 2. The number of nitrogens with zero attached hydrogens (tertiary/aromatic N) is 2. The van der Waals surface area contributed by atoms with E-state index in [4.69, 9.17) is 9.47 Å². The first-order valence-electron chi connectivity index (χ1n) is 12.1. The van der Waals surface area contributed by atoms with Crippen molar-refractivity contribution in [2.45, 2.75) is 38.6 Å². The lowest BCUT2D eigenvalue weighted by molar-refractivity contribution is -0.117. The maximum atomic E-state index is 14.1. The van der Waals surface area contributed by atoms with E-state index in [9.17, 15) is 13.6 Å². The number of benzene rings is 3. The zero-order valence-electron chi connectivity index (χ0n) is 20.0. The van der Waals surface area contributed by atoms with Crippen LogP contribution in [0.3, 0.4) is 0 Å². The topological polar surface area (TPSA) is 65.4 Å². The second-order valence-corrected chi connectivity index (χ2v) is 9.34. The van der Waals surface area contributed by atoms with Crippen LogP contribution < -0.4 is 14.8 Å². The molecule has 0 saturated heterocycles. The second kappa shape index (κ2) is 8.62. The van der Waals surface area contributed by atoms with Crippen molar-refractivity contribution in [1.29, 1.82) is 0 Å². The minimum Gasteiger partial charge on any atom is -0.493 e. The maximum absolute atomic E-state index is 14.1. The lowest BCUT2D eigenvalue weighted by Gasteiger charge is -2.15. The number of ketones is 1. The molecule has 1 aromatic heterocycles. The third-order valence-corrected chi connectivity index (χ3v) is 6.89. The molecule has 2 atom stereocenters. The van der Waals surface area contributed by atoms with E-state index in [1.807, 2.05) is 47.9 Å². The standard InChI is InChI=1S/C28H25F2N3O3/c1-3-27-32-22-11-20(29)21(30)12-25(22)33(27)24-6-4-5-19-23(14-36-28(19)24)31-17-7-8-18-16(9-15(2)34)13-35-26(18)10-17/h4-8,10-12,16,23,31H,3,9,13-14H2,1-2H3. The minimum atomic E-state index is -0.917. The molecule has 0 saturated carbocycles. The first-order valence-corrected chi connectivity index (χ1v) is 12.1. The van der Waals surface area contributed by atoms with E-state index in [1.54, 1.807) is 6.92 Å². The largest absolute Gasteiger partial charge is 0.493 e. The fourth-order valence-electron chi connectivity index (χ4n) is 5.24. The molecular formula is C28H25F2N3O3. The zero-order chi connectivity index (χ0) is 25.0. The number of carbonyl (C=O) groups is 1. The minimum absolute atomic E-state index is 0.0979. The van der Waals surface area contributed by atoms with Crippen molar-refractivity contribution in [3.05, 3.63) is 77.1 Å². The molecular weight excluding hydrogens is 464 g/mol. The quantitative estimate of drug-likeness (QED) is 0.367. The third kappa shape index (κ3) is 3.68. The summed E-state index contributed by atoms with van der Waals surface area (Å²) in [5, 5.41) is 3.53. The predicted octanol–water partition coefficient (Wildman–Crippen LogP) is 5.87. The molecule has 2 unspecified atom stereocenters. The van der Waals surface area contributed by atoms with Gasteiger partial charge in [-0.05, 0) is 19.1 Å². The molecule has 0 amide bonds. The summed E-state index contributed by atoms with van der Waals surface area (Å²) in [5.41, 5.74) is 4.56. The third-order valence-electron chi connectivity index (χ3n) is 6.89. The van der Waals surface area contributed by atoms with Crippen molar-refractivity contribution < 1.29 is 23.0 Å². The number of carbonyl (C=O) groups excluding carboxylic acids is 1. The van der Waals surface area contributed by atoms with Gasteiger partial charge in [-0.2, -0.15) is 0 Å². The molecule has 0 spiro atoms. The van der Waals surface area contributed by atoms with Crippen LogP contribution in [0.1, 0.15) is 49.2 Å². The predicted molar refractivity (Wildman–Crippen MR) is 132 cm³/mol. The zero-order valence-corrected chi connectivity index (χ0v) is 20.0. The summed E-state index contributed by atoms with van der Waals surface area (Å²) in [6.07, 6.45) is 1.06. The van der Waals surface area contributed by atoms with Crippen LogP contribution in [0, 0.1) is 11.6 Å². The molecule has 2 aliphatic heterocycles. The highest BCUT2D eigenvalue weighted by Gasteiger charge is 2.30. The van der Waals surface area contributed by atoms with Gasteiger partial charge in [-0.1, -0.05) is 25.1 Å². The molecule has 2 aliphatic rings. The van der Waals surface area contributed by atoms with Gasteiger partial charge in [0.25, 0.3) is 0 Å². The lowest BCUT2D eigenvalue weighted by atomic mass is 9.96. The molecule has 6 nitrogen and oxygen atoms in total. The van der Waals surface area contributed by atoms with Crippen LogP contribution >= 0.6 is 0 Å². The van der Waals surface area contributed by atoms with Crippen LogP contribution in [0.15, 0.2) is 48.5 Å². The van der Waals surface area contributed by atoms with Gasteiger partial charge in [0, 0.05) is 53.8 Å². The van der Waals surface area contributed by atoms with E-state index in [2.05, 4.69) is 10.3 Å². The van der Waals surface area contributed by atoms with Gasteiger partial charge in [-0.25, -0.2) is 13.8 Å². The summed E-state index contributed by atoms with van der Waals surface area (Å²) < 4.78 is 41.8. The molecule has 4 aromatic rings. The van der Waals surface area contributed by atoms with E-state index >= 15 is 0 Å². The number of hydrogen-bond donors (Lipinski definition) is 1. The number of nitrogens with one attached hydrogen (secondary N) is 1. The molecule has 0 radical (unpaired) electrons. The SMILES string of the molecule is CCc1nc2cc(F)c(F)cc2n1-c1cccc2c1OCC2Nc1ccc2c(c1)OCC2CC(C)=O. The lowest BCUT2D eigenvalue weighted by Crippen LogP contribution is -2.11. The van der Waals surface area contributed by atoms with Gasteiger partial charge >= 0.3 is 0 Å². The van der Waals surface area contributed by atoms with Gasteiger partial charge in [0.2, 0.25) is 0 Å². The normalized spacial score (nSPS) is 18.0. The van der Waals surface area contributed by atoms with Gasteiger partial charge in [-0.15, -0.1) is 0 Å². The van der Waals surface area contributed by atoms with Crippen molar-refractivity contribution in [2.75, 3.05) is 18.5 Å². The van der Waals surface area contributed by atoms with Crippen molar-refractivity contribution in [3.8, 4) is 17.2 Å². The molecule has 6 rings (SSSR count). The smallest absolute Gasteiger partial charge is 0.161 e. The average Bonchev–Trinajstić information content (AvgIpc) is 3.55. The number of halogens is 2. The molecule has 1 N–H and O–H groups in total. The Balaban J connectivity index is 1.33. The first kappa shape index (κ1) is 22.5. The average molecular weight is 490 g/mol. The highest BCUT2D eigenvalue weighted by molar-refractivity contribution is 5.80. The van der Waals surface area contributed by atoms with Gasteiger partial charge in [0.1, 0.15) is 29.7 Å². The number of anilines is 1. The number of para-hydroxylation sites is 1. The van der Waals surface area contributed by atoms with Crippen LogP contribution in [0.25, 0.3) is 16.7 Å². The fourth-order valence-corrected chi connectivity index (χ4v) is 5.24. The monoisotopic (exact) mass is 489 g/mol. The van der Waals surface area contributed by atoms with Crippen LogP contribution in [0.4, 0.5) is 14.5 Å². The van der Waals surface area contributed by atoms with Crippen molar-refractivity contribution in [3.63, 3.8) is 0 Å².